The summed E-state index contributed by atoms with van der Waals surface area (Å²) in [7, 11) is -2.75. The van der Waals surface area contributed by atoms with E-state index < -0.39 is 25.7 Å². The van der Waals surface area contributed by atoms with Crippen LogP contribution in [0.15, 0.2) is 54.6 Å². The zero-order chi connectivity index (χ0) is 31.4. The summed E-state index contributed by atoms with van der Waals surface area (Å²) in [6.45, 7) is 1.34. The molecule has 2 aromatic carbocycles. The number of para-hydroxylation sites is 1. The predicted octanol–water partition coefficient (Wildman–Crippen LogP) is 4.01. The fourth-order valence-corrected chi connectivity index (χ4v) is 6.30. The maximum absolute atomic E-state index is 13.3. The second-order valence-electron chi connectivity index (χ2n) is 9.95. The summed E-state index contributed by atoms with van der Waals surface area (Å²) in [4.78, 5) is 48.1. The summed E-state index contributed by atoms with van der Waals surface area (Å²) < 4.78 is 24.1. The molecule has 0 spiro atoms. The average Bonchev–Trinajstić information content (AvgIpc) is 3.64. The molecule has 14 nitrogen and oxygen atoms in total. The molecule has 0 radical (unpaired) electrons. The molecule has 1 aliphatic heterocycles. The quantitative estimate of drug-likeness (QED) is 0.1000. The Balaban J connectivity index is 1.19. The van der Waals surface area contributed by atoms with Crippen LogP contribution in [0.3, 0.4) is 0 Å². The number of nitrogens with zero attached hydrogens (tertiary/aromatic N) is 3. The lowest BCUT2D eigenvalue weighted by molar-refractivity contribution is -0.138. The molecule has 0 saturated carbocycles. The van der Waals surface area contributed by atoms with E-state index in [9.17, 15) is 24.1 Å². The van der Waals surface area contributed by atoms with Crippen molar-refractivity contribution in [1.82, 2.24) is 30.2 Å². The first-order valence-electron chi connectivity index (χ1n) is 13.6. The summed E-state index contributed by atoms with van der Waals surface area (Å²) >= 11 is 6.27. The van der Waals surface area contributed by atoms with Gasteiger partial charge >= 0.3 is 13.7 Å². The van der Waals surface area contributed by atoms with Crippen molar-refractivity contribution in [3.8, 4) is 5.75 Å². The topological polar surface area (TPSA) is 179 Å². The standard InChI is InChI=1S/C28H30ClN6O8P/c1-17(28(38)39)33-44(40,43-18-7-4-3-5-8-18)42-14-13-41-34(2)27(37)25-20-16-35(12-11-23(20)31-32-25)26(36)24-15-19-21(29)9-6-10-22(19)30-24/h3-10,15,17,30H,11-14,16H2,1-2H3,(H,31,32)(H,33,40)(H,38,39). The van der Waals surface area contributed by atoms with E-state index in [1.807, 2.05) is 6.07 Å². The Hall–Kier alpha value is -4.20. The third-order valence-corrected chi connectivity index (χ3v) is 8.88. The van der Waals surface area contributed by atoms with E-state index in [4.69, 9.17) is 25.5 Å². The van der Waals surface area contributed by atoms with Crippen molar-refractivity contribution in [3.05, 3.63) is 82.3 Å². The third kappa shape index (κ3) is 6.95. The predicted molar refractivity (Wildman–Crippen MR) is 159 cm³/mol. The van der Waals surface area contributed by atoms with Gasteiger partial charge in [0.1, 0.15) is 17.5 Å². The monoisotopic (exact) mass is 644 g/mol. The normalized spacial score (nSPS) is 14.9. The van der Waals surface area contributed by atoms with E-state index in [1.54, 1.807) is 53.4 Å². The Morgan fingerprint density at radius 1 is 1.18 bits per heavy atom. The first-order valence-corrected chi connectivity index (χ1v) is 15.5. The maximum Gasteiger partial charge on any atom is 0.459 e. The minimum absolute atomic E-state index is 0.0932. The molecule has 0 aliphatic carbocycles. The van der Waals surface area contributed by atoms with Gasteiger partial charge in [-0.2, -0.15) is 10.2 Å². The number of aromatic amines is 2. The van der Waals surface area contributed by atoms with Crippen molar-refractivity contribution in [2.45, 2.75) is 25.9 Å². The molecule has 0 fully saturated rings. The van der Waals surface area contributed by atoms with Crippen LogP contribution in [0.25, 0.3) is 10.9 Å². The van der Waals surface area contributed by atoms with Gasteiger partial charge in [-0.1, -0.05) is 35.9 Å². The van der Waals surface area contributed by atoms with Crippen LogP contribution in [0.2, 0.25) is 5.02 Å². The largest absolute Gasteiger partial charge is 0.480 e. The number of hydrogen-bond acceptors (Lipinski definition) is 8. The van der Waals surface area contributed by atoms with Crippen molar-refractivity contribution >= 4 is 48.0 Å². The molecule has 232 valence electrons. The highest BCUT2D eigenvalue weighted by Crippen LogP contribution is 2.44. The number of carboxylic acid groups (broad SMARTS) is 1. The van der Waals surface area contributed by atoms with Crippen LogP contribution >= 0.6 is 19.3 Å². The maximum atomic E-state index is 13.3. The van der Waals surface area contributed by atoms with Crippen molar-refractivity contribution in [3.63, 3.8) is 0 Å². The number of fused-ring (bicyclic) bond motifs is 2. The van der Waals surface area contributed by atoms with Crippen molar-refractivity contribution in [2.24, 2.45) is 0 Å². The van der Waals surface area contributed by atoms with E-state index in [2.05, 4.69) is 20.3 Å². The summed E-state index contributed by atoms with van der Waals surface area (Å²) in [5.74, 6) is -1.86. The molecule has 2 unspecified atom stereocenters. The second kappa shape index (κ2) is 13.2. The first kappa shape index (κ1) is 31.2. The summed E-state index contributed by atoms with van der Waals surface area (Å²) in [6, 6.07) is 14.0. The molecule has 2 amide bonds. The van der Waals surface area contributed by atoms with Crippen molar-refractivity contribution in [2.75, 3.05) is 26.8 Å². The molecule has 1 aliphatic rings. The van der Waals surface area contributed by atoms with Crippen LogP contribution in [0.4, 0.5) is 0 Å². The lowest BCUT2D eigenvalue weighted by atomic mass is 10.0. The van der Waals surface area contributed by atoms with Crippen LogP contribution in [-0.2, 0) is 31.7 Å². The molecule has 4 aromatic rings. The number of hydroxylamine groups is 2. The molecule has 16 heteroatoms. The summed E-state index contributed by atoms with van der Waals surface area (Å²) in [5.41, 5.74) is 2.54. The Morgan fingerprint density at radius 2 is 1.95 bits per heavy atom. The molecule has 0 saturated heterocycles. The number of H-pyrrole nitrogens is 2. The molecule has 5 rings (SSSR count). The van der Waals surface area contributed by atoms with E-state index >= 15 is 0 Å². The fraction of sp³-hybridized carbons (Fsp3) is 0.286. The number of aromatic nitrogens is 3. The van der Waals surface area contributed by atoms with E-state index in [0.29, 0.717) is 29.2 Å². The highest BCUT2D eigenvalue weighted by molar-refractivity contribution is 7.52. The molecule has 2 aromatic heterocycles. The van der Waals surface area contributed by atoms with Gasteiger partial charge in [0.05, 0.1) is 19.8 Å². The number of carbonyl (C=O) groups excluding carboxylic acids is 2. The van der Waals surface area contributed by atoms with Gasteiger partial charge in [-0.25, -0.2) is 9.63 Å². The van der Waals surface area contributed by atoms with Crippen molar-refractivity contribution < 1.29 is 37.9 Å². The van der Waals surface area contributed by atoms with Crippen LogP contribution in [0, 0.1) is 0 Å². The third-order valence-electron chi connectivity index (χ3n) is 6.87. The van der Waals surface area contributed by atoms with E-state index in [-0.39, 0.29) is 37.1 Å². The average molecular weight is 645 g/mol. The van der Waals surface area contributed by atoms with Crippen LogP contribution in [0.5, 0.6) is 5.75 Å². The van der Waals surface area contributed by atoms with E-state index in [1.165, 1.54) is 14.0 Å². The zero-order valence-corrected chi connectivity index (χ0v) is 25.4. The highest BCUT2D eigenvalue weighted by atomic mass is 35.5. The van der Waals surface area contributed by atoms with Crippen LogP contribution in [0.1, 0.15) is 39.2 Å². The summed E-state index contributed by atoms with van der Waals surface area (Å²) in [5, 5.41) is 20.9. The lowest BCUT2D eigenvalue weighted by Crippen LogP contribution is -2.37. The van der Waals surface area contributed by atoms with Gasteiger partial charge in [0, 0.05) is 47.2 Å². The molecule has 2 atom stereocenters. The molecule has 44 heavy (non-hydrogen) atoms. The highest BCUT2D eigenvalue weighted by Gasteiger charge is 2.33. The minimum Gasteiger partial charge on any atom is -0.480 e. The second-order valence-corrected chi connectivity index (χ2v) is 12.1. The molecular formula is C28H30ClN6O8P. The molecular weight excluding hydrogens is 615 g/mol. The number of carbonyl (C=O) groups is 3. The lowest BCUT2D eigenvalue weighted by Gasteiger charge is -2.27. The first-order chi connectivity index (χ1) is 21.0. The van der Waals surface area contributed by atoms with Crippen molar-refractivity contribution in [1.29, 1.82) is 0 Å². The smallest absolute Gasteiger partial charge is 0.459 e. The van der Waals surface area contributed by atoms with Crippen LogP contribution in [-0.4, -0.2) is 80.9 Å². The van der Waals surface area contributed by atoms with Crippen LogP contribution < -0.4 is 9.61 Å². The SMILES string of the molecule is CC(NP(=O)(OCCON(C)C(=O)c1n[nH]c2c1CN(C(=O)c1cc3c(Cl)cccc3[nH]1)CC2)Oc1ccccc1)C(=O)O. The Kier molecular flexibility index (Phi) is 9.37. The molecule has 0 bridgehead atoms. The Morgan fingerprint density at radius 3 is 2.68 bits per heavy atom. The van der Waals surface area contributed by atoms with Gasteiger partial charge < -0.3 is 19.5 Å². The van der Waals surface area contributed by atoms with Gasteiger partial charge in [0.25, 0.3) is 11.8 Å². The van der Waals surface area contributed by atoms with Gasteiger partial charge in [-0.05, 0) is 37.3 Å². The fourth-order valence-electron chi connectivity index (χ4n) is 4.59. The number of benzene rings is 2. The molecule has 4 N–H and O–H groups in total. The van der Waals surface area contributed by atoms with E-state index in [0.717, 1.165) is 21.7 Å². The summed E-state index contributed by atoms with van der Waals surface area (Å²) in [6.07, 6.45) is 0.471. The molecule has 3 heterocycles. The number of carboxylic acids is 1. The number of aliphatic carboxylic acids is 1. The zero-order valence-electron chi connectivity index (χ0n) is 23.8. The number of halogens is 1. The Labute approximate surface area is 256 Å². The Bertz CT molecular complexity index is 1730. The number of rotatable bonds is 12. The van der Waals surface area contributed by atoms with Gasteiger partial charge in [0.15, 0.2) is 5.69 Å². The minimum atomic E-state index is -4.13. The number of hydrogen-bond donors (Lipinski definition) is 4. The number of nitrogens with one attached hydrogen (secondary N) is 3. The van der Waals surface area contributed by atoms with Gasteiger partial charge in [-0.15, -0.1) is 0 Å². The number of amides is 2. The van der Waals surface area contributed by atoms with Gasteiger partial charge in [0.2, 0.25) is 0 Å². The van der Waals surface area contributed by atoms with Gasteiger partial charge in [-0.3, -0.25) is 28.8 Å².